The average Bonchev–Trinajstić information content (AvgIpc) is 2.35. The predicted molar refractivity (Wildman–Crippen MR) is 70.1 cm³/mol. The van der Waals surface area contributed by atoms with E-state index in [2.05, 4.69) is 4.52 Å². The van der Waals surface area contributed by atoms with E-state index in [-0.39, 0.29) is 11.3 Å². The fourth-order valence-electron chi connectivity index (χ4n) is 1.75. The summed E-state index contributed by atoms with van der Waals surface area (Å²) in [7, 11) is -3.36. The molecule has 0 saturated carbocycles. The van der Waals surface area contributed by atoms with Gasteiger partial charge in [0.15, 0.2) is 0 Å². The molecule has 8 heteroatoms. The van der Waals surface area contributed by atoms with Crippen molar-refractivity contribution in [3.63, 3.8) is 0 Å². The number of phosphoric ester groups is 1. The Morgan fingerprint density at radius 3 is 2.40 bits per heavy atom. The van der Waals surface area contributed by atoms with Crippen LogP contribution in [0.5, 0.6) is 11.5 Å². The summed E-state index contributed by atoms with van der Waals surface area (Å²) in [6, 6.07) is 7.42. The lowest BCUT2D eigenvalue weighted by molar-refractivity contribution is 0.0695. The van der Waals surface area contributed by atoms with Crippen LogP contribution in [0.1, 0.15) is 10.4 Å². The first-order valence-electron chi connectivity index (χ1n) is 5.40. The number of carbonyl (C=O) groups is 1. The quantitative estimate of drug-likeness (QED) is 0.740. The number of phosphoric acid groups is 1. The van der Waals surface area contributed by atoms with Gasteiger partial charge in [0, 0.05) is 0 Å². The smallest absolute Gasteiger partial charge is 0.497 e. The summed E-state index contributed by atoms with van der Waals surface area (Å²) in [6.45, 7) is 0. The molecule has 0 aliphatic carbocycles. The number of hydrogen-bond acceptors (Lipinski definition) is 4. The van der Waals surface area contributed by atoms with Crippen LogP contribution in [0.15, 0.2) is 30.3 Å². The summed E-state index contributed by atoms with van der Waals surface area (Å²) in [6.07, 6.45) is 0. The van der Waals surface area contributed by atoms with Gasteiger partial charge in [-0.1, -0.05) is 6.07 Å². The summed E-state index contributed by atoms with van der Waals surface area (Å²) >= 11 is 0. The second-order valence-electron chi connectivity index (χ2n) is 3.95. The molecule has 0 aliphatic rings. The van der Waals surface area contributed by atoms with Gasteiger partial charge >= 0.3 is 13.8 Å². The number of carboxylic acid groups (broad SMARTS) is 1. The number of hydrogen-bond donors (Lipinski definition) is 3. The summed E-state index contributed by atoms with van der Waals surface area (Å²) < 4.78 is 20.3. The molecule has 106 valence electrons. The molecule has 0 saturated heterocycles. The molecule has 0 bridgehead atoms. The van der Waals surface area contributed by atoms with E-state index in [0.29, 0.717) is 16.5 Å². The maximum absolute atomic E-state index is 11.1. The fraction of sp³-hybridized carbons (Fsp3) is 0.0833. The van der Waals surface area contributed by atoms with Gasteiger partial charge in [-0.25, -0.2) is 9.36 Å². The second kappa shape index (κ2) is 5.13. The Labute approximate surface area is 113 Å². The molecular weight excluding hydrogens is 287 g/mol. The van der Waals surface area contributed by atoms with Gasteiger partial charge in [-0.15, -0.1) is 0 Å². The maximum atomic E-state index is 11.1. The summed E-state index contributed by atoms with van der Waals surface area (Å²) in [5.41, 5.74) is -0.339. The van der Waals surface area contributed by atoms with Gasteiger partial charge in [-0.3, -0.25) is 9.79 Å². The molecule has 2 aromatic carbocycles. The van der Waals surface area contributed by atoms with E-state index in [1.165, 1.54) is 19.2 Å². The van der Waals surface area contributed by atoms with Gasteiger partial charge in [0.25, 0.3) is 0 Å². The minimum atomic E-state index is -4.84. The Hall–Kier alpha value is -2.08. The molecule has 0 unspecified atom stereocenters. The zero-order valence-electron chi connectivity index (χ0n) is 10.3. The molecule has 0 atom stereocenters. The van der Waals surface area contributed by atoms with Crippen molar-refractivity contribution in [1.29, 1.82) is 0 Å². The minimum absolute atomic E-state index is 0.339. The van der Waals surface area contributed by atoms with Crippen LogP contribution in [0.4, 0.5) is 0 Å². The number of ether oxygens (including phenoxy) is 1. The lowest BCUT2D eigenvalue weighted by Gasteiger charge is -2.11. The largest absolute Gasteiger partial charge is 0.524 e. The molecule has 0 heterocycles. The topological polar surface area (TPSA) is 113 Å². The predicted octanol–water partition coefficient (Wildman–Crippen LogP) is 2.02. The van der Waals surface area contributed by atoms with Crippen molar-refractivity contribution in [1.82, 2.24) is 0 Å². The van der Waals surface area contributed by atoms with E-state index >= 15 is 0 Å². The Morgan fingerprint density at radius 1 is 1.15 bits per heavy atom. The van der Waals surface area contributed by atoms with Gasteiger partial charge in [-0.2, -0.15) is 0 Å². The highest BCUT2D eigenvalue weighted by Crippen LogP contribution is 2.40. The standard InChI is InChI=1S/C12H11O7P/c1-18-9-3-2-7-6-11(19-20(15,16)17)10(12(13)14)5-8(7)4-9/h2-6H,1H3,(H,13,14)(H2,15,16,17). The van der Waals surface area contributed by atoms with Gasteiger partial charge in [0.2, 0.25) is 0 Å². The number of methoxy groups -OCH3 is 1. The highest BCUT2D eigenvalue weighted by atomic mass is 31.2. The number of fused-ring (bicyclic) bond motifs is 1. The lowest BCUT2D eigenvalue weighted by atomic mass is 10.1. The summed E-state index contributed by atoms with van der Waals surface area (Å²) in [4.78, 5) is 28.8. The van der Waals surface area contributed by atoms with Crippen molar-refractivity contribution in [2.75, 3.05) is 7.11 Å². The SMILES string of the molecule is COc1ccc2cc(OP(=O)(O)O)c(C(=O)O)cc2c1. The van der Waals surface area contributed by atoms with Gasteiger partial charge in [0.1, 0.15) is 17.1 Å². The maximum Gasteiger partial charge on any atom is 0.524 e. The van der Waals surface area contributed by atoms with Crippen LogP contribution >= 0.6 is 7.82 Å². The van der Waals surface area contributed by atoms with Gasteiger partial charge in [-0.05, 0) is 35.0 Å². The van der Waals surface area contributed by atoms with Crippen LogP contribution in [0, 0.1) is 0 Å². The lowest BCUT2D eigenvalue weighted by Crippen LogP contribution is -2.02. The second-order valence-corrected chi connectivity index (χ2v) is 5.11. The molecule has 2 rings (SSSR count). The number of aromatic carboxylic acids is 1. The molecule has 3 N–H and O–H groups in total. The number of rotatable bonds is 4. The van der Waals surface area contributed by atoms with E-state index in [1.807, 2.05) is 0 Å². The van der Waals surface area contributed by atoms with Crippen LogP contribution in [-0.4, -0.2) is 28.0 Å². The third-order valence-electron chi connectivity index (χ3n) is 2.59. The molecule has 0 fully saturated rings. The molecular formula is C12H11O7P. The third-order valence-corrected chi connectivity index (χ3v) is 3.03. The van der Waals surface area contributed by atoms with Crippen LogP contribution in [-0.2, 0) is 4.57 Å². The van der Waals surface area contributed by atoms with Crippen LogP contribution in [0.3, 0.4) is 0 Å². The highest BCUT2D eigenvalue weighted by molar-refractivity contribution is 7.46. The molecule has 0 amide bonds. The van der Waals surface area contributed by atoms with Gasteiger partial charge < -0.3 is 14.4 Å². The first-order chi connectivity index (χ1) is 9.30. The van der Waals surface area contributed by atoms with Crippen molar-refractivity contribution in [3.05, 3.63) is 35.9 Å². The first kappa shape index (κ1) is 14.3. The van der Waals surface area contributed by atoms with E-state index in [1.54, 1.807) is 18.2 Å². The highest BCUT2D eigenvalue weighted by Gasteiger charge is 2.22. The Balaban J connectivity index is 2.65. The van der Waals surface area contributed by atoms with Gasteiger partial charge in [0.05, 0.1) is 7.11 Å². The Kier molecular flexibility index (Phi) is 3.67. The Bertz CT molecular complexity index is 719. The van der Waals surface area contributed by atoms with E-state index in [9.17, 15) is 9.36 Å². The average molecular weight is 298 g/mol. The van der Waals surface area contributed by atoms with Crippen LogP contribution in [0.25, 0.3) is 10.8 Å². The molecule has 2 aromatic rings. The summed E-state index contributed by atoms with van der Waals surface area (Å²) in [5, 5.41) is 10.2. The minimum Gasteiger partial charge on any atom is -0.497 e. The monoisotopic (exact) mass is 298 g/mol. The van der Waals surface area contributed by atoms with E-state index in [4.69, 9.17) is 19.6 Å². The van der Waals surface area contributed by atoms with E-state index in [0.717, 1.165) is 0 Å². The van der Waals surface area contributed by atoms with Crippen molar-refractivity contribution < 1.29 is 33.5 Å². The van der Waals surface area contributed by atoms with Crippen LogP contribution < -0.4 is 9.26 Å². The zero-order chi connectivity index (χ0) is 14.9. The first-order valence-corrected chi connectivity index (χ1v) is 6.93. The molecule has 0 spiro atoms. The van der Waals surface area contributed by atoms with Crippen molar-refractivity contribution >= 4 is 24.6 Å². The molecule has 0 aromatic heterocycles. The molecule has 0 radical (unpaired) electrons. The molecule has 0 aliphatic heterocycles. The third kappa shape index (κ3) is 3.08. The number of carboxylic acids is 1. The van der Waals surface area contributed by atoms with Crippen LogP contribution in [0.2, 0.25) is 0 Å². The Morgan fingerprint density at radius 2 is 1.85 bits per heavy atom. The zero-order valence-corrected chi connectivity index (χ0v) is 11.2. The molecule has 7 nitrogen and oxygen atoms in total. The number of benzene rings is 2. The fourth-order valence-corrected chi connectivity index (χ4v) is 2.16. The van der Waals surface area contributed by atoms with Crippen molar-refractivity contribution in [2.45, 2.75) is 0 Å². The van der Waals surface area contributed by atoms with E-state index < -0.39 is 13.8 Å². The normalized spacial score (nSPS) is 11.3. The summed E-state index contributed by atoms with van der Waals surface area (Å²) in [5.74, 6) is -1.20. The van der Waals surface area contributed by atoms with Crippen molar-refractivity contribution in [3.8, 4) is 11.5 Å². The molecule has 20 heavy (non-hydrogen) atoms. The van der Waals surface area contributed by atoms with Crippen molar-refractivity contribution in [2.24, 2.45) is 0 Å².